The van der Waals surface area contributed by atoms with E-state index < -0.39 is 26.5 Å². The lowest BCUT2D eigenvalue weighted by molar-refractivity contribution is -0.161. The number of hydrogen-bond acceptors (Lipinski definition) is 8. The van der Waals surface area contributed by atoms with Crippen molar-refractivity contribution in [3.8, 4) is 0 Å². The smallest absolute Gasteiger partial charge is 0.462 e. The summed E-state index contributed by atoms with van der Waals surface area (Å²) < 4.78 is 33.2. The lowest BCUT2D eigenvalue weighted by Crippen LogP contribution is -2.29. The maximum absolute atomic E-state index is 12.8. The van der Waals surface area contributed by atoms with Gasteiger partial charge in [0.2, 0.25) is 0 Å². The molecule has 0 aliphatic heterocycles. The predicted octanol–water partition coefficient (Wildman–Crippen LogP) is 28.0. The average molecular weight is 1420 g/mol. The maximum Gasteiger partial charge on any atom is 0.472 e. The highest BCUT2D eigenvalue weighted by Crippen LogP contribution is 2.43. The summed E-state index contributed by atoms with van der Waals surface area (Å²) in [7, 11) is -4.42. The molecular formula is C91H150NO8P. The zero-order valence-electron chi connectivity index (χ0n) is 64.6. The Kier molecular flexibility index (Phi) is 79.5. The molecule has 0 radical (unpaired) electrons. The van der Waals surface area contributed by atoms with Gasteiger partial charge in [-0.3, -0.25) is 18.6 Å². The molecule has 0 saturated heterocycles. The van der Waals surface area contributed by atoms with Crippen molar-refractivity contribution in [2.45, 2.75) is 341 Å². The number of allylic oxidation sites excluding steroid dienone is 32. The van der Waals surface area contributed by atoms with Crippen molar-refractivity contribution in [1.82, 2.24) is 0 Å². The third kappa shape index (κ3) is 83.7. The first kappa shape index (κ1) is 95.8. The standard InChI is InChI=1S/C91H150NO8P/c1-3-5-7-9-11-13-15-17-19-21-23-25-27-29-31-33-35-37-39-41-43-44-46-48-50-52-54-56-58-60-62-64-66-68-70-72-74-76-78-80-82-84-91(94)100-89(88-99-101(95,96)98-86-85-92)87-97-90(93)83-81-79-77-75-73-71-69-67-65-63-61-59-57-55-53-51-49-47-45-42-40-38-36-34-32-30-28-26-24-22-20-18-16-14-12-10-8-6-4-2/h5-8,11-14,17-20,23-26,29,31,35,37,41,43,46,48,52,54,58,60,64,66,70,72,89H,3-4,9-10,15-16,21-22,27-28,30,32-34,36,38-40,42,44-45,47,49-51,53,55-57,59,61-63,65,67-69,71,73-88,92H2,1-2H3,(H,95,96)/b7-5-,8-6-,13-11-,14-12-,19-17-,20-18-,25-23-,26-24-,31-29-,37-35-,43-41-,48-46-,54-52-,60-58-,66-64-,72-70-. The van der Waals surface area contributed by atoms with E-state index in [-0.39, 0.29) is 38.6 Å². The molecule has 2 atom stereocenters. The van der Waals surface area contributed by atoms with E-state index in [2.05, 4.69) is 208 Å². The maximum atomic E-state index is 12.8. The molecule has 0 aromatic carbocycles. The Labute approximate surface area is 621 Å². The molecule has 0 aromatic rings. The Bertz CT molecular complexity index is 2370. The van der Waals surface area contributed by atoms with Crippen molar-refractivity contribution in [2.75, 3.05) is 26.4 Å². The van der Waals surface area contributed by atoms with Crippen LogP contribution in [0.2, 0.25) is 0 Å². The second-order valence-electron chi connectivity index (χ2n) is 26.5. The molecule has 572 valence electrons. The van der Waals surface area contributed by atoms with Gasteiger partial charge in [-0.1, -0.05) is 375 Å². The fraction of sp³-hybridized carbons (Fsp3) is 0.626. The van der Waals surface area contributed by atoms with Gasteiger partial charge in [0, 0.05) is 19.4 Å². The number of ether oxygens (including phenoxy) is 2. The van der Waals surface area contributed by atoms with Gasteiger partial charge >= 0.3 is 19.8 Å². The van der Waals surface area contributed by atoms with Crippen LogP contribution in [0, 0.1) is 0 Å². The van der Waals surface area contributed by atoms with Crippen LogP contribution in [0.15, 0.2) is 194 Å². The molecule has 0 saturated carbocycles. The van der Waals surface area contributed by atoms with E-state index in [0.29, 0.717) is 6.42 Å². The van der Waals surface area contributed by atoms with E-state index in [1.54, 1.807) is 0 Å². The van der Waals surface area contributed by atoms with Crippen LogP contribution in [0.25, 0.3) is 0 Å². The average Bonchev–Trinajstić information content (AvgIpc) is 1.04. The number of phosphoric acid groups is 1. The van der Waals surface area contributed by atoms with Crippen LogP contribution >= 0.6 is 7.82 Å². The number of hydrogen-bond donors (Lipinski definition) is 2. The monoisotopic (exact) mass is 1420 g/mol. The molecule has 10 heteroatoms. The van der Waals surface area contributed by atoms with Crippen LogP contribution in [0.5, 0.6) is 0 Å². The molecule has 0 heterocycles. The molecule has 0 bridgehead atoms. The molecule has 0 aromatic heterocycles. The van der Waals surface area contributed by atoms with Gasteiger partial charge in [0.15, 0.2) is 6.10 Å². The Hall–Kier alpha value is -5.15. The van der Waals surface area contributed by atoms with Gasteiger partial charge in [0.1, 0.15) is 6.61 Å². The van der Waals surface area contributed by atoms with E-state index in [9.17, 15) is 19.0 Å². The molecule has 3 N–H and O–H groups in total. The summed E-state index contributed by atoms with van der Waals surface area (Å²) in [5, 5.41) is 0. The van der Waals surface area contributed by atoms with Gasteiger partial charge in [-0.25, -0.2) is 4.57 Å². The highest BCUT2D eigenvalue weighted by molar-refractivity contribution is 7.47. The molecule has 0 fully saturated rings. The third-order valence-corrected chi connectivity index (χ3v) is 18.0. The van der Waals surface area contributed by atoms with Gasteiger partial charge in [-0.05, 0) is 141 Å². The Morgan fingerprint density at radius 1 is 0.297 bits per heavy atom. The van der Waals surface area contributed by atoms with Crippen LogP contribution < -0.4 is 5.73 Å². The molecule has 0 spiro atoms. The summed E-state index contributed by atoms with van der Waals surface area (Å²) in [5.41, 5.74) is 5.41. The summed E-state index contributed by atoms with van der Waals surface area (Å²) in [5.74, 6) is -0.857. The number of phosphoric ester groups is 1. The van der Waals surface area contributed by atoms with Crippen LogP contribution in [0.1, 0.15) is 335 Å². The Morgan fingerprint density at radius 2 is 0.515 bits per heavy atom. The van der Waals surface area contributed by atoms with Crippen molar-refractivity contribution in [1.29, 1.82) is 0 Å². The van der Waals surface area contributed by atoms with E-state index in [1.807, 2.05) is 0 Å². The lowest BCUT2D eigenvalue weighted by atomic mass is 10.0. The quantitative estimate of drug-likeness (QED) is 0.0264. The predicted molar refractivity (Wildman–Crippen MR) is 440 cm³/mol. The zero-order valence-corrected chi connectivity index (χ0v) is 65.5. The van der Waals surface area contributed by atoms with Gasteiger partial charge in [0.25, 0.3) is 0 Å². The highest BCUT2D eigenvalue weighted by Gasteiger charge is 2.26. The van der Waals surface area contributed by atoms with E-state index >= 15 is 0 Å². The fourth-order valence-corrected chi connectivity index (χ4v) is 11.8. The number of rotatable bonds is 75. The molecule has 0 rings (SSSR count). The first-order valence-corrected chi connectivity index (χ1v) is 42.4. The molecule has 0 aliphatic rings. The number of esters is 2. The van der Waals surface area contributed by atoms with E-state index in [0.717, 1.165) is 148 Å². The fourth-order valence-electron chi connectivity index (χ4n) is 11.0. The van der Waals surface area contributed by atoms with Crippen molar-refractivity contribution in [3.63, 3.8) is 0 Å². The van der Waals surface area contributed by atoms with Crippen LogP contribution in [0.4, 0.5) is 0 Å². The van der Waals surface area contributed by atoms with Crippen LogP contribution in [-0.2, 0) is 32.7 Å². The summed E-state index contributed by atoms with van der Waals surface area (Å²) in [6.07, 6.45) is 127. The molecule has 2 unspecified atom stereocenters. The first-order chi connectivity index (χ1) is 49.8. The van der Waals surface area contributed by atoms with Crippen molar-refractivity contribution < 1.29 is 37.6 Å². The molecule has 101 heavy (non-hydrogen) atoms. The van der Waals surface area contributed by atoms with Gasteiger partial charge in [0.05, 0.1) is 13.2 Å². The normalized spacial score (nSPS) is 13.9. The minimum Gasteiger partial charge on any atom is -0.462 e. The van der Waals surface area contributed by atoms with Crippen LogP contribution in [-0.4, -0.2) is 49.3 Å². The minimum absolute atomic E-state index is 0.0413. The van der Waals surface area contributed by atoms with Crippen molar-refractivity contribution in [2.24, 2.45) is 5.73 Å². The van der Waals surface area contributed by atoms with Crippen LogP contribution in [0.3, 0.4) is 0 Å². The summed E-state index contributed by atoms with van der Waals surface area (Å²) >= 11 is 0. The van der Waals surface area contributed by atoms with E-state index in [1.165, 1.54) is 154 Å². The molecule has 0 amide bonds. The minimum atomic E-state index is -4.42. The topological polar surface area (TPSA) is 134 Å². The zero-order chi connectivity index (χ0) is 72.9. The lowest BCUT2D eigenvalue weighted by Gasteiger charge is -2.19. The largest absolute Gasteiger partial charge is 0.472 e. The number of carbonyl (C=O) groups is 2. The highest BCUT2D eigenvalue weighted by atomic mass is 31.2. The molecule has 9 nitrogen and oxygen atoms in total. The Balaban J connectivity index is 3.91. The first-order valence-electron chi connectivity index (χ1n) is 40.9. The van der Waals surface area contributed by atoms with Crippen molar-refractivity contribution in [3.05, 3.63) is 194 Å². The summed E-state index contributed by atoms with van der Waals surface area (Å²) in [6.45, 7) is 3.50. The van der Waals surface area contributed by atoms with E-state index in [4.69, 9.17) is 24.3 Å². The van der Waals surface area contributed by atoms with Gasteiger partial charge < -0.3 is 20.1 Å². The summed E-state index contributed by atoms with van der Waals surface area (Å²) in [4.78, 5) is 35.5. The van der Waals surface area contributed by atoms with Crippen molar-refractivity contribution >= 4 is 19.8 Å². The molecular weight excluding hydrogens is 1270 g/mol. The number of nitrogens with two attached hydrogens (primary N) is 1. The summed E-state index contributed by atoms with van der Waals surface area (Å²) in [6, 6.07) is 0. The second kappa shape index (κ2) is 83.8. The van der Waals surface area contributed by atoms with Gasteiger partial charge in [-0.15, -0.1) is 0 Å². The number of unbranched alkanes of at least 4 members (excludes halogenated alkanes) is 30. The SMILES string of the molecule is CC/C=C\C/C=C\C/C=C\C/C=C\C/C=C\C/C=C\C/C=C\C/C=C\C/C=C\C/C=C\C/C=C\C/C=C\CCCCCCC(=O)OC(COC(=O)CCCCCCCCCCCCCCCCCCCCCCCCCCCC/C=C\C/C=C\C/C=C\C/C=C\CC)COP(=O)(O)OCCN. The Morgan fingerprint density at radius 3 is 0.762 bits per heavy atom. The third-order valence-electron chi connectivity index (χ3n) is 17.0. The number of carbonyl (C=O) groups excluding carboxylic acids is 2. The second-order valence-corrected chi connectivity index (χ2v) is 28.0. The molecule has 0 aliphatic carbocycles. The van der Waals surface area contributed by atoms with Gasteiger partial charge in [-0.2, -0.15) is 0 Å².